The molecule has 0 aromatic heterocycles. The van der Waals surface area contributed by atoms with E-state index in [1.807, 2.05) is 6.92 Å². The van der Waals surface area contributed by atoms with Crippen LogP contribution in [0.15, 0.2) is 23.2 Å². The third-order valence-electron chi connectivity index (χ3n) is 2.94. The summed E-state index contributed by atoms with van der Waals surface area (Å²) in [6, 6.07) is 4.49. The van der Waals surface area contributed by atoms with Gasteiger partial charge in [0, 0.05) is 17.9 Å². The number of hydrogen-bond donors (Lipinski definition) is 2. The molecule has 0 radical (unpaired) electrons. The summed E-state index contributed by atoms with van der Waals surface area (Å²) in [7, 11) is 0. The van der Waals surface area contributed by atoms with Crippen LogP contribution in [-0.4, -0.2) is 19.0 Å². The Balaban J connectivity index is 2.49. The second-order valence-electron chi connectivity index (χ2n) is 4.42. The van der Waals surface area contributed by atoms with Crippen molar-refractivity contribution in [1.29, 1.82) is 0 Å². The molecule has 4 nitrogen and oxygen atoms in total. The highest BCUT2D eigenvalue weighted by molar-refractivity contribution is 5.82. The highest BCUT2D eigenvalue weighted by atomic mass is 19.1. The fourth-order valence-electron chi connectivity index (χ4n) is 2.00. The quantitative estimate of drug-likeness (QED) is 0.725. The monoisotopic (exact) mass is 237 g/mol. The molecule has 92 valence electrons. The van der Waals surface area contributed by atoms with Gasteiger partial charge in [-0.05, 0) is 31.5 Å². The molecule has 1 atom stereocenters. The summed E-state index contributed by atoms with van der Waals surface area (Å²) in [6.07, 6.45) is 0.577. The van der Waals surface area contributed by atoms with Gasteiger partial charge in [-0.3, -0.25) is 4.99 Å². The third kappa shape index (κ3) is 2.39. The van der Waals surface area contributed by atoms with Gasteiger partial charge in [-0.15, -0.1) is 0 Å². The number of nitrogens with zero attached hydrogens (tertiary/aromatic N) is 1. The molecular weight excluding hydrogens is 221 g/mol. The van der Waals surface area contributed by atoms with Crippen molar-refractivity contribution in [3.05, 3.63) is 29.6 Å². The lowest BCUT2D eigenvalue weighted by Crippen LogP contribution is -2.25. The largest absolute Gasteiger partial charge is 0.399 e. The van der Waals surface area contributed by atoms with Gasteiger partial charge in [0.2, 0.25) is 0 Å². The molecule has 0 saturated heterocycles. The standard InChI is InChI=1S/C12H16FN3O/c1-12(4-5-17-7-11(15)16-12)9-6-8(14)2-3-10(9)13/h2-3,6H,4-5,7,14H2,1H3,(H2,15,16). The van der Waals surface area contributed by atoms with Gasteiger partial charge in [-0.25, -0.2) is 4.39 Å². The summed E-state index contributed by atoms with van der Waals surface area (Å²) in [6.45, 7) is 2.63. The van der Waals surface area contributed by atoms with Crippen LogP contribution < -0.4 is 11.5 Å². The van der Waals surface area contributed by atoms with E-state index in [2.05, 4.69) is 4.99 Å². The molecular formula is C12H16FN3O. The van der Waals surface area contributed by atoms with E-state index in [-0.39, 0.29) is 5.82 Å². The Morgan fingerprint density at radius 2 is 2.18 bits per heavy atom. The lowest BCUT2D eigenvalue weighted by atomic mass is 9.89. The zero-order valence-electron chi connectivity index (χ0n) is 9.74. The van der Waals surface area contributed by atoms with Crippen molar-refractivity contribution in [2.45, 2.75) is 18.9 Å². The fraction of sp³-hybridized carbons (Fsp3) is 0.417. The van der Waals surface area contributed by atoms with Crippen molar-refractivity contribution in [3.8, 4) is 0 Å². The Labute approximate surface area is 99.5 Å². The number of aliphatic imine (C=N–C) groups is 1. The minimum absolute atomic E-state index is 0.291. The molecule has 0 aliphatic carbocycles. The maximum atomic E-state index is 13.9. The Morgan fingerprint density at radius 3 is 2.94 bits per heavy atom. The second-order valence-corrected chi connectivity index (χ2v) is 4.42. The molecule has 0 bridgehead atoms. The van der Waals surface area contributed by atoms with Gasteiger partial charge in [0.1, 0.15) is 18.3 Å². The van der Waals surface area contributed by atoms with Gasteiger partial charge in [0.25, 0.3) is 0 Å². The van der Waals surface area contributed by atoms with Crippen molar-refractivity contribution in [3.63, 3.8) is 0 Å². The zero-order chi connectivity index (χ0) is 12.5. The van der Waals surface area contributed by atoms with Gasteiger partial charge in [0.05, 0.1) is 5.54 Å². The number of nitrogen functional groups attached to an aromatic ring is 1. The Kier molecular flexibility index (Phi) is 3.02. The molecule has 4 N–H and O–H groups in total. The van der Waals surface area contributed by atoms with Crippen LogP contribution in [0.4, 0.5) is 10.1 Å². The third-order valence-corrected chi connectivity index (χ3v) is 2.94. The maximum Gasteiger partial charge on any atom is 0.128 e. The smallest absolute Gasteiger partial charge is 0.128 e. The molecule has 2 rings (SSSR count). The van der Waals surface area contributed by atoms with E-state index in [4.69, 9.17) is 16.2 Å². The van der Waals surface area contributed by atoms with Gasteiger partial charge in [-0.2, -0.15) is 0 Å². The highest BCUT2D eigenvalue weighted by Gasteiger charge is 2.31. The average Bonchev–Trinajstić information content (AvgIpc) is 2.44. The number of benzene rings is 1. The summed E-state index contributed by atoms with van der Waals surface area (Å²) in [5.41, 5.74) is 11.7. The van der Waals surface area contributed by atoms with E-state index in [0.29, 0.717) is 36.7 Å². The number of halogens is 1. The van der Waals surface area contributed by atoms with Crippen LogP contribution >= 0.6 is 0 Å². The van der Waals surface area contributed by atoms with Crippen molar-refractivity contribution >= 4 is 11.5 Å². The molecule has 17 heavy (non-hydrogen) atoms. The topological polar surface area (TPSA) is 73.6 Å². The predicted octanol–water partition coefficient (Wildman–Crippen LogP) is 1.40. The number of nitrogens with two attached hydrogens (primary N) is 2. The molecule has 5 heteroatoms. The summed E-state index contributed by atoms with van der Waals surface area (Å²) < 4.78 is 19.1. The molecule has 0 spiro atoms. The lowest BCUT2D eigenvalue weighted by Gasteiger charge is -2.25. The van der Waals surface area contributed by atoms with E-state index in [9.17, 15) is 4.39 Å². The van der Waals surface area contributed by atoms with E-state index in [0.717, 1.165) is 0 Å². The normalized spacial score (nSPS) is 25.2. The maximum absolute atomic E-state index is 13.9. The van der Waals surface area contributed by atoms with Crippen LogP contribution in [0.2, 0.25) is 0 Å². The Bertz CT molecular complexity index is 461. The Morgan fingerprint density at radius 1 is 1.41 bits per heavy atom. The first kappa shape index (κ1) is 11.9. The van der Waals surface area contributed by atoms with Crippen LogP contribution in [0.3, 0.4) is 0 Å². The SMILES string of the molecule is CC1(c2cc(N)ccc2F)CCOCC(N)=N1. The number of amidine groups is 1. The predicted molar refractivity (Wildman–Crippen MR) is 65.2 cm³/mol. The summed E-state index contributed by atoms with van der Waals surface area (Å²) >= 11 is 0. The molecule has 1 aromatic rings. The molecule has 1 unspecified atom stereocenters. The molecule has 0 amide bonds. The summed E-state index contributed by atoms with van der Waals surface area (Å²) in [5.74, 6) is 0.0620. The van der Waals surface area contributed by atoms with Gasteiger partial charge in [0.15, 0.2) is 0 Å². The van der Waals surface area contributed by atoms with Crippen LogP contribution in [0.5, 0.6) is 0 Å². The number of rotatable bonds is 1. The Hall–Kier alpha value is -1.62. The number of anilines is 1. The first-order chi connectivity index (χ1) is 8.01. The summed E-state index contributed by atoms with van der Waals surface area (Å²) in [4.78, 5) is 4.35. The minimum Gasteiger partial charge on any atom is -0.399 e. The lowest BCUT2D eigenvalue weighted by molar-refractivity contribution is 0.158. The van der Waals surface area contributed by atoms with Crippen molar-refractivity contribution in [2.75, 3.05) is 18.9 Å². The average molecular weight is 237 g/mol. The molecule has 1 aromatic carbocycles. The molecule has 0 saturated carbocycles. The van der Waals surface area contributed by atoms with E-state index in [1.54, 1.807) is 6.07 Å². The van der Waals surface area contributed by atoms with Gasteiger partial charge in [-0.1, -0.05) is 0 Å². The highest BCUT2D eigenvalue weighted by Crippen LogP contribution is 2.33. The van der Waals surface area contributed by atoms with Gasteiger partial charge < -0.3 is 16.2 Å². The molecule has 1 aliphatic rings. The number of ether oxygens (including phenoxy) is 1. The molecule has 0 fully saturated rings. The van der Waals surface area contributed by atoms with Crippen molar-refractivity contribution < 1.29 is 9.13 Å². The second kappa shape index (κ2) is 4.33. The molecule has 1 aliphatic heterocycles. The number of hydrogen-bond acceptors (Lipinski definition) is 4. The zero-order valence-corrected chi connectivity index (χ0v) is 9.74. The fourth-order valence-corrected chi connectivity index (χ4v) is 2.00. The first-order valence-corrected chi connectivity index (χ1v) is 5.49. The minimum atomic E-state index is -0.708. The van der Waals surface area contributed by atoms with Crippen LogP contribution in [0, 0.1) is 5.82 Å². The van der Waals surface area contributed by atoms with E-state index in [1.165, 1.54) is 12.1 Å². The van der Waals surface area contributed by atoms with Crippen LogP contribution in [0.1, 0.15) is 18.9 Å². The van der Waals surface area contributed by atoms with Gasteiger partial charge >= 0.3 is 0 Å². The van der Waals surface area contributed by atoms with E-state index < -0.39 is 5.54 Å². The van der Waals surface area contributed by atoms with Crippen LogP contribution in [-0.2, 0) is 10.3 Å². The summed E-state index contributed by atoms with van der Waals surface area (Å²) in [5, 5.41) is 0. The van der Waals surface area contributed by atoms with Crippen molar-refractivity contribution in [1.82, 2.24) is 0 Å². The van der Waals surface area contributed by atoms with E-state index >= 15 is 0 Å². The first-order valence-electron chi connectivity index (χ1n) is 5.49. The van der Waals surface area contributed by atoms with Crippen molar-refractivity contribution in [2.24, 2.45) is 10.7 Å². The van der Waals surface area contributed by atoms with Crippen LogP contribution in [0.25, 0.3) is 0 Å². The molecule has 1 heterocycles.